The lowest BCUT2D eigenvalue weighted by Crippen LogP contribution is -2.17. The van der Waals surface area contributed by atoms with E-state index >= 15 is 0 Å². The van der Waals surface area contributed by atoms with Crippen LogP contribution in [0.1, 0.15) is 17.3 Å². The minimum absolute atomic E-state index is 0.00869. The zero-order chi connectivity index (χ0) is 18.7. The zero-order valence-electron chi connectivity index (χ0n) is 13.8. The van der Waals surface area contributed by atoms with Crippen molar-refractivity contribution in [3.05, 3.63) is 47.0 Å². The van der Waals surface area contributed by atoms with Gasteiger partial charge in [0.1, 0.15) is 13.2 Å². The predicted octanol–water partition coefficient (Wildman–Crippen LogP) is 3.09. The van der Waals surface area contributed by atoms with Crippen LogP contribution in [-0.4, -0.2) is 34.2 Å². The van der Waals surface area contributed by atoms with E-state index in [2.05, 4.69) is 4.72 Å². The van der Waals surface area contributed by atoms with Crippen molar-refractivity contribution in [1.82, 2.24) is 0 Å². The molecule has 1 aliphatic heterocycles. The standard InChI is InChI=1S/C17H16ClNO6S/c1-2-23-17(20)13-9-11(3-5-14(13)18)19-26(21,22)12-4-6-15-16(10-12)25-8-7-24-15/h3-6,9-10,19H,2,7-8H2,1H3. The molecule has 0 saturated heterocycles. The van der Waals surface area contributed by atoms with Crippen molar-refractivity contribution in [2.75, 3.05) is 24.5 Å². The summed E-state index contributed by atoms with van der Waals surface area (Å²) in [6.45, 7) is 2.62. The SMILES string of the molecule is CCOC(=O)c1cc(NS(=O)(=O)c2ccc3c(c2)OCCO3)ccc1Cl. The number of nitrogens with one attached hydrogen (secondary N) is 1. The third kappa shape index (κ3) is 3.86. The number of hydrogen-bond donors (Lipinski definition) is 1. The summed E-state index contributed by atoms with van der Waals surface area (Å²) in [5.41, 5.74) is 0.267. The lowest BCUT2D eigenvalue weighted by atomic mass is 10.2. The number of rotatable bonds is 5. The van der Waals surface area contributed by atoms with Gasteiger partial charge in [-0.15, -0.1) is 0 Å². The van der Waals surface area contributed by atoms with E-state index in [4.69, 9.17) is 25.8 Å². The van der Waals surface area contributed by atoms with Gasteiger partial charge >= 0.3 is 5.97 Å². The first-order valence-corrected chi connectivity index (χ1v) is 9.66. The number of anilines is 1. The van der Waals surface area contributed by atoms with Crippen molar-refractivity contribution in [2.24, 2.45) is 0 Å². The van der Waals surface area contributed by atoms with Gasteiger partial charge in [-0.25, -0.2) is 13.2 Å². The van der Waals surface area contributed by atoms with Crippen LogP contribution in [0.5, 0.6) is 11.5 Å². The van der Waals surface area contributed by atoms with E-state index < -0.39 is 16.0 Å². The number of fused-ring (bicyclic) bond motifs is 1. The molecule has 1 heterocycles. The molecule has 7 nitrogen and oxygen atoms in total. The Morgan fingerprint density at radius 1 is 1.15 bits per heavy atom. The Hall–Kier alpha value is -2.45. The van der Waals surface area contributed by atoms with E-state index in [-0.39, 0.29) is 27.8 Å². The van der Waals surface area contributed by atoms with Gasteiger partial charge < -0.3 is 14.2 Å². The molecule has 9 heteroatoms. The van der Waals surface area contributed by atoms with Gasteiger partial charge in [-0.3, -0.25) is 4.72 Å². The van der Waals surface area contributed by atoms with E-state index in [9.17, 15) is 13.2 Å². The van der Waals surface area contributed by atoms with E-state index in [0.717, 1.165) is 0 Å². The Kier molecular flexibility index (Phi) is 5.24. The molecule has 1 aliphatic rings. The molecule has 0 spiro atoms. The van der Waals surface area contributed by atoms with Crippen molar-refractivity contribution < 1.29 is 27.4 Å². The lowest BCUT2D eigenvalue weighted by molar-refractivity contribution is 0.0526. The second-order valence-electron chi connectivity index (χ2n) is 5.33. The van der Waals surface area contributed by atoms with Crippen molar-refractivity contribution in [3.8, 4) is 11.5 Å². The van der Waals surface area contributed by atoms with Gasteiger partial charge in [0.05, 0.1) is 22.1 Å². The van der Waals surface area contributed by atoms with Gasteiger partial charge in [0, 0.05) is 11.8 Å². The maximum absolute atomic E-state index is 12.6. The number of carbonyl (C=O) groups is 1. The van der Waals surface area contributed by atoms with E-state index in [1.54, 1.807) is 6.92 Å². The molecule has 0 bridgehead atoms. The van der Waals surface area contributed by atoms with Crippen LogP contribution in [0.4, 0.5) is 5.69 Å². The van der Waals surface area contributed by atoms with Crippen LogP contribution in [0.3, 0.4) is 0 Å². The molecule has 26 heavy (non-hydrogen) atoms. The van der Waals surface area contributed by atoms with Crippen molar-refractivity contribution in [2.45, 2.75) is 11.8 Å². The van der Waals surface area contributed by atoms with Gasteiger partial charge in [0.15, 0.2) is 11.5 Å². The first kappa shape index (κ1) is 18.3. The van der Waals surface area contributed by atoms with E-state index in [1.165, 1.54) is 36.4 Å². The molecule has 0 radical (unpaired) electrons. The maximum atomic E-state index is 12.6. The summed E-state index contributed by atoms with van der Waals surface area (Å²) in [4.78, 5) is 11.9. The van der Waals surface area contributed by atoms with Gasteiger partial charge in [0.2, 0.25) is 0 Å². The molecule has 0 aliphatic carbocycles. The van der Waals surface area contributed by atoms with Crippen molar-refractivity contribution in [3.63, 3.8) is 0 Å². The zero-order valence-corrected chi connectivity index (χ0v) is 15.4. The second-order valence-corrected chi connectivity index (χ2v) is 7.42. The number of hydrogen-bond acceptors (Lipinski definition) is 6. The van der Waals surface area contributed by atoms with Crippen LogP contribution in [0.25, 0.3) is 0 Å². The normalized spacial score (nSPS) is 13.2. The molecule has 138 valence electrons. The van der Waals surface area contributed by atoms with Crippen LogP contribution >= 0.6 is 11.6 Å². The Labute approximate surface area is 155 Å². The third-order valence-electron chi connectivity index (χ3n) is 3.54. The quantitative estimate of drug-likeness (QED) is 0.779. The number of carbonyl (C=O) groups excluding carboxylic acids is 1. The topological polar surface area (TPSA) is 90.9 Å². The third-order valence-corrected chi connectivity index (χ3v) is 5.25. The molecule has 0 atom stereocenters. The molecule has 1 N–H and O–H groups in total. The highest BCUT2D eigenvalue weighted by Crippen LogP contribution is 2.33. The smallest absolute Gasteiger partial charge is 0.339 e. The van der Waals surface area contributed by atoms with Crippen LogP contribution < -0.4 is 14.2 Å². The Balaban J connectivity index is 1.88. The molecule has 0 fully saturated rings. The highest BCUT2D eigenvalue weighted by Gasteiger charge is 2.20. The molecular formula is C17H16ClNO6S. The Morgan fingerprint density at radius 2 is 1.88 bits per heavy atom. The first-order chi connectivity index (χ1) is 12.4. The van der Waals surface area contributed by atoms with Crippen molar-refractivity contribution in [1.29, 1.82) is 0 Å². The number of halogens is 1. The van der Waals surface area contributed by atoms with Gasteiger partial charge in [-0.1, -0.05) is 11.6 Å². The highest BCUT2D eigenvalue weighted by atomic mass is 35.5. The van der Waals surface area contributed by atoms with Crippen LogP contribution in [-0.2, 0) is 14.8 Å². The minimum atomic E-state index is -3.90. The fraction of sp³-hybridized carbons (Fsp3) is 0.235. The Morgan fingerprint density at radius 3 is 2.62 bits per heavy atom. The summed E-state index contributed by atoms with van der Waals surface area (Å²) in [6, 6.07) is 8.55. The fourth-order valence-corrected chi connectivity index (χ4v) is 3.62. The monoisotopic (exact) mass is 397 g/mol. The number of benzene rings is 2. The first-order valence-electron chi connectivity index (χ1n) is 7.80. The largest absolute Gasteiger partial charge is 0.486 e. The fourth-order valence-electron chi connectivity index (χ4n) is 2.36. The maximum Gasteiger partial charge on any atom is 0.339 e. The number of sulfonamides is 1. The molecule has 0 saturated carbocycles. The summed E-state index contributed by atoms with van der Waals surface area (Å²) < 4.78 is 43.4. The molecular weight excluding hydrogens is 382 g/mol. The summed E-state index contributed by atoms with van der Waals surface area (Å²) >= 11 is 5.99. The molecule has 2 aromatic carbocycles. The second kappa shape index (κ2) is 7.43. The minimum Gasteiger partial charge on any atom is -0.486 e. The lowest BCUT2D eigenvalue weighted by Gasteiger charge is -2.19. The molecule has 3 rings (SSSR count). The summed E-state index contributed by atoms with van der Waals surface area (Å²) in [7, 11) is -3.90. The van der Waals surface area contributed by atoms with Gasteiger partial charge in [-0.2, -0.15) is 0 Å². The van der Waals surface area contributed by atoms with Gasteiger partial charge in [0.25, 0.3) is 10.0 Å². The average molecular weight is 398 g/mol. The number of ether oxygens (including phenoxy) is 3. The van der Waals surface area contributed by atoms with E-state index in [1.807, 2.05) is 0 Å². The van der Waals surface area contributed by atoms with Gasteiger partial charge in [-0.05, 0) is 37.3 Å². The summed E-state index contributed by atoms with van der Waals surface area (Å²) in [5, 5.41) is 0.172. The van der Waals surface area contributed by atoms with Crippen molar-refractivity contribution >= 4 is 33.3 Å². The highest BCUT2D eigenvalue weighted by molar-refractivity contribution is 7.92. The van der Waals surface area contributed by atoms with Crippen LogP contribution in [0.2, 0.25) is 5.02 Å². The molecule has 0 amide bonds. The number of esters is 1. The predicted molar refractivity (Wildman–Crippen MR) is 95.6 cm³/mol. The Bertz CT molecular complexity index is 944. The summed E-state index contributed by atoms with van der Waals surface area (Å²) in [6.07, 6.45) is 0. The van der Waals surface area contributed by atoms with Crippen LogP contribution in [0.15, 0.2) is 41.3 Å². The molecule has 0 unspecified atom stereocenters. The molecule has 0 aromatic heterocycles. The average Bonchev–Trinajstić information content (AvgIpc) is 2.63. The summed E-state index contributed by atoms with van der Waals surface area (Å²) in [5.74, 6) is 0.228. The van der Waals surface area contributed by atoms with Crippen LogP contribution in [0, 0.1) is 0 Å². The molecule has 2 aromatic rings. The van der Waals surface area contributed by atoms with E-state index in [0.29, 0.717) is 24.7 Å².